The fourth-order valence-electron chi connectivity index (χ4n) is 4.35. The van der Waals surface area contributed by atoms with Gasteiger partial charge in [-0.25, -0.2) is 0 Å². The average molecular weight is 504 g/mol. The highest BCUT2D eigenvalue weighted by molar-refractivity contribution is 5.97. The maximum Gasteiger partial charge on any atom is 0.419 e. The van der Waals surface area contributed by atoms with Crippen molar-refractivity contribution in [1.82, 2.24) is 10.6 Å². The Kier molecular flexibility index (Phi) is 8.84. The van der Waals surface area contributed by atoms with Crippen LogP contribution in [0.15, 0.2) is 65.1 Å². The van der Waals surface area contributed by atoms with Gasteiger partial charge in [-0.3, -0.25) is 15.1 Å². The van der Waals surface area contributed by atoms with Crippen LogP contribution >= 0.6 is 0 Å². The Labute approximate surface area is 210 Å². The second kappa shape index (κ2) is 11.6. The predicted octanol–water partition coefficient (Wildman–Crippen LogP) is 5.02. The number of nitro groups is 1. The van der Waals surface area contributed by atoms with Crippen molar-refractivity contribution in [3.63, 3.8) is 0 Å². The zero-order valence-electron chi connectivity index (χ0n) is 20.9. The van der Waals surface area contributed by atoms with E-state index < -0.39 is 11.0 Å². The van der Waals surface area contributed by atoms with Crippen LogP contribution in [-0.4, -0.2) is 29.5 Å². The first-order valence-corrected chi connectivity index (χ1v) is 12.2. The molecule has 1 aromatic rings. The van der Waals surface area contributed by atoms with Crippen molar-refractivity contribution in [3.05, 3.63) is 75.8 Å². The van der Waals surface area contributed by atoms with Crippen LogP contribution in [0.3, 0.4) is 0 Å². The highest BCUT2D eigenvalue weighted by atomic mass is 19.3. The highest BCUT2D eigenvalue weighted by Gasteiger charge is 2.32. The van der Waals surface area contributed by atoms with E-state index in [1.165, 1.54) is 6.07 Å². The van der Waals surface area contributed by atoms with Crippen LogP contribution in [0, 0.1) is 15.5 Å². The molecule has 0 aromatic heterocycles. The first kappa shape index (κ1) is 27.3. The van der Waals surface area contributed by atoms with E-state index in [0.717, 1.165) is 31.3 Å². The minimum Gasteiger partial charge on any atom is -0.429 e. The quantitative estimate of drug-likeness (QED) is 0.235. The van der Waals surface area contributed by atoms with Crippen LogP contribution in [0.1, 0.15) is 57.9 Å². The number of rotatable bonds is 10. The zero-order valence-corrected chi connectivity index (χ0v) is 20.9. The van der Waals surface area contributed by atoms with Gasteiger partial charge < -0.3 is 21.1 Å². The van der Waals surface area contributed by atoms with E-state index in [1.807, 2.05) is 6.92 Å². The summed E-state index contributed by atoms with van der Waals surface area (Å²) in [6, 6.07) is 6.66. The first-order valence-electron chi connectivity index (χ1n) is 12.2. The zero-order chi connectivity index (χ0) is 26.3. The number of hydrogen-bond acceptors (Lipinski definition) is 6. The van der Waals surface area contributed by atoms with Gasteiger partial charge in [0.05, 0.1) is 4.92 Å². The molecule has 1 heterocycles. The molecule has 0 amide bonds. The van der Waals surface area contributed by atoms with Gasteiger partial charge in [-0.05, 0) is 55.6 Å². The molecule has 0 unspecified atom stereocenters. The third kappa shape index (κ3) is 7.13. The number of ether oxygens (including phenoxy) is 1. The molecule has 0 atom stereocenters. The van der Waals surface area contributed by atoms with Crippen molar-refractivity contribution in [2.45, 2.75) is 71.1 Å². The summed E-state index contributed by atoms with van der Waals surface area (Å²) < 4.78 is 32.4. The van der Waals surface area contributed by atoms with E-state index in [-0.39, 0.29) is 35.3 Å². The van der Waals surface area contributed by atoms with Gasteiger partial charge in [0.25, 0.3) is 0 Å². The molecule has 0 radical (unpaired) electrons. The molecular weight excluding hydrogens is 468 g/mol. The van der Waals surface area contributed by atoms with Crippen molar-refractivity contribution in [1.29, 1.82) is 0 Å². The van der Waals surface area contributed by atoms with E-state index in [9.17, 15) is 18.9 Å². The van der Waals surface area contributed by atoms with Crippen molar-refractivity contribution in [2.24, 2.45) is 16.1 Å². The predicted molar refractivity (Wildman–Crippen MR) is 136 cm³/mol. The number of nitrogens with one attached hydrogen (secondary N) is 2. The van der Waals surface area contributed by atoms with Crippen LogP contribution < -0.4 is 21.1 Å². The molecule has 4 N–H and O–H groups in total. The average Bonchev–Trinajstić information content (AvgIpc) is 3.03. The Morgan fingerprint density at radius 2 is 2.08 bits per heavy atom. The summed E-state index contributed by atoms with van der Waals surface area (Å²) in [5, 5.41) is 18.2. The molecule has 1 saturated carbocycles. The lowest BCUT2D eigenvalue weighted by atomic mass is 9.74. The van der Waals surface area contributed by atoms with Crippen LogP contribution in [-0.2, 0) is 6.54 Å². The summed E-state index contributed by atoms with van der Waals surface area (Å²) in [6.45, 7) is 7.80. The number of amidine groups is 1. The second-order valence-electron chi connectivity index (χ2n) is 9.65. The van der Waals surface area contributed by atoms with Gasteiger partial charge in [-0.1, -0.05) is 38.6 Å². The Bertz CT molecular complexity index is 1060. The summed E-state index contributed by atoms with van der Waals surface area (Å²) in [5.74, 6) is 0.777. The maximum absolute atomic E-state index is 13.8. The fraction of sp³-hybridized carbons (Fsp3) is 0.500. The summed E-state index contributed by atoms with van der Waals surface area (Å²) >= 11 is 0. The molecule has 2 aliphatic rings. The van der Waals surface area contributed by atoms with Gasteiger partial charge in [0.1, 0.15) is 11.6 Å². The normalized spacial score (nSPS) is 24.0. The van der Waals surface area contributed by atoms with E-state index in [4.69, 9.17) is 10.5 Å². The fourth-order valence-corrected chi connectivity index (χ4v) is 4.35. The molecule has 1 aromatic carbocycles. The first-order chi connectivity index (χ1) is 17.1. The number of allylic oxidation sites excluding steroid dienone is 2. The molecule has 1 aliphatic carbocycles. The van der Waals surface area contributed by atoms with Gasteiger partial charge in [-0.15, -0.1) is 0 Å². The van der Waals surface area contributed by atoms with Crippen LogP contribution in [0.4, 0.5) is 8.78 Å². The molecule has 1 fully saturated rings. The minimum absolute atomic E-state index is 0.0172. The van der Waals surface area contributed by atoms with E-state index in [1.54, 1.807) is 24.3 Å². The monoisotopic (exact) mass is 503 g/mol. The van der Waals surface area contributed by atoms with Crippen LogP contribution in [0.2, 0.25) is 0 Å². The molecule has 1 aliphatic heterocycles. The van der Waals surface area contributed by atoms with Gasteiger partial charge in [0, 0.05) is 36.8 Å². The SMILES string of the molecule is C=CC(F)(F)Oc1ccccc1CNC1=C(CC)CC=C([N+](=O)[O-])C(=NCC2(C)CCC(N)CC2)N1. The molecule has 0 saturated heterocycles. The third-order valence-corrected chi connectivity index (χ3v) is 6.77. The molecule has 196 valence electrons. The summed E-state index contributed by atoms with van der Waals surface area (Å²) in [7, 11) is 0. The number of hydrogen-bond donors (Lipinski definition) is 3. The van der Waals surface area contributed by atoms with Gasteiger partial charge in [-0.2, -0.15) is 8.78 Å². The topological polar surface area (TPSA) is 115 Å². The Morgan fingerprint density at radius 1 is 1.39 bits per heavy atom. The number of para-hydroxylation sites is 1. The number of aliphatic imine (C=N–C) groups is 1. The van der Waals surface area contributed by atoms with Crippen LogP contribution in [0.25, 0.3) is 0 Å². The number of nitrogens with two attached hydrogens (primary N) is 1. The number of halogens is 2. The van der Waals surface area contributed by atoms with E-state index >= 15 is 0 Å². The highest BCUT2D eigenvalue weighted by Crippen LogP contribution is 2.36. The van der Waals surface area contributed by atoms with Crippen molar-refractivity contribution in [3.8, 4) is 5.75 Å². The Morgan fingerprint density at radius 3 is 2.72 bits per heavy atom. The lowest BCUT2D eigenvalue weighted by Crippen LogP contribution is -2.37. The second-order valence-corrected chi connectivity index (χ2v) is 9.65. The van der Waals surface area contributed by atoms with Gasteiger partial charge in [0.15, 0.2) is 0 Å². The van der Waals surface area contributed by atoms with Crippen molar-refractivity contribution < 1.29 is 18.4 Å². The number of benzene rings is 1. The smallest absolute Gasteiger partial charge is 0.419 e. The summed E-state index contributed by atoms with van der Waals surface area (Å²) in [6.07, 6.45) is 3.14. The lowest BCUT2D eigenvalue weighted by Gasteiger charge is -2.35. The van der Waals surface area contributed by atoms with Gasteiger partial charge >= 0.3 is 11.8 Å². The molecule has 0 spiro atoms. The molecular formula is C26H35F2N5O3. The maximum atomic E-state index is 13.8. The number of alkyl halides is 2. The summed E-state index contributed by atoms with van der Waals surface area (Å²) in [5.41, 5.74) is 7.30. The van der Waals surface area contributed by atoms with Crippen molar-refractivity contribution >= 4 is 5.84 Å². The molecule has 0 bridgehead atoms. The van der Waals surface area contributed by atoms with Crippen molar-refractivity contribution in [2.75, 3.05) is 6.54 Å². The molecule has 8 nitrogen and oxygen atoms in total. The Balaban J connectivity index is 1.82. The van der Waals surface area contributed by atoms with Gasteiger partial charge in [0.2, 0.25) is 5.84 Å². The molecule has 36 heavy (non-hydrogen) atoms. The van der Waals surface area contributed by atoms with Crippen LogP contribution in [0.5, 0.6) is 5.75 Å². The minimum atomic E-state index is -3.51. The standard InChI is InChI=1S/C26H35F2N5O3/c1-4-18-10-11-21(33(34)35)24(31-17-25(3)14-12-20(29)13-15-25)32-23(18)30-16-19-8-6-7-9-22(19)36-26(27,28)5-2/h5-9,11,20,30H,2,4,10,12-17,29H2,1,3H3,(H,31,32). The lowest BCUT2D eigenvalue weighted by molar-refractivity contribution is -0.415. The third-order valence-electron chi connectivity index (χ3n) is 6.77. The number of nitrogens with zero attached hydrogens (tertiary/aromatic N) is 2. The Hall–Kier alpha value is -3.27. The molecule has 3 rings (SSSR count). The van der Waals surface area contributed by atoms with E-state index in [0.29, 0.717) is 36.8 Å². The molecule has 10 heteroatoms. The van der Waals surface area contributed by atoms with E-state index in [2.05, 4.69) is 29.1 Å². The largest absolute Gasteiger partial charge is 0.429 e. The summed E-state index contributed by atoms with van der Waals surface area (Å²) in [4.78, 5) is 16.1.